The van der Waals surface area contributed by atoms with Crippen molar-refractivity contribution in [3.63, 3.8) is 0 Å². The Morgan fingerprint density at radius 3 is 2.62 bits per heavy atom. The van der Waals surface area contributed by atoms with E-state index in [1.165, 1.54) is 0 Å². The van der Waals surface area contributed by atoms with E-state index in [1.54, 1.807) is 6.20 Å². The van der Waals surface area contributed by atoms with E-state index in [-0.39, 0.29) is 5.82 Å². The van der Waals surface area contributed by atoms with E-state index in [2.05, 4.69) is 15.3 Å². The second kappa shape index (κ2) is 5.34. The summed E-state index contributed by atoms with van der Waals surface area (Å²) in [6.07, 6.45) is 1.74. The number of imidazole rings is 1. The number of nitrogens with two attached hydrogens (primary N) is 2. The highest BCUT2D eigenvalue weighted by atomic mass is 16.6. The van der Waals surface area contributed by atoms with Gasteiger partial charge in [-0.1, -0.05) is 18.2 Å². The van der Waals surface area contributed by atoms with Gasteiger partial charge in [0.05, 0.1) is 5.52 Å². The van der Waals surface area contributed by atoms with Gasteiger partial charge in [-0.2, -0.15) is 0 Å². The van der Waals surface area contributed by atoms with Crippen molar-refractivity contribution in [3.8, 4) is 22.8 Å². The number of rotatable bonds is 3. The van der Waals surface area contributed by atoms with Gasteiger partial charge < -0.3 is 16.0 Å². The van der Waals surface area contributed by atoms with Gasteiger partial charge >= 0.3 is 0 Å². The number of anilines is 2. The van der Waals surface area contributed by atoms with Crippen LogP contribution >= 0.6 is 0 Å². The molecule has 1 aromatic carbocycles. The molecule has 0 aliphatic carbocycles. The third-order valence-corrected chi connectivity index (χ3v) is 3.92. The van der Waals surface area contributed by atoms with Crippen LogP contribution in [-0.4, -0.2) is 24.8 Å². The summed E-state index contributed by atoms with van der Waals surface area (Å²) in [5, 5.41) is 7.51. The fourth-order valence-electron chi connectivity index (χ4n) is 2.81. The van der Waals surface area contributed by atoms with Gasteiger partial charge in [0.15, 0.2) is 17.3 Å². The molecule has 4 N–H and O–H groups in total. The fourth-order valence-corrected chi connectivity index (χ4v) is 2.81. The molecule has 0 bridgehead atoms. The second-order valence-corrected chi connectivity index (χ2v) is 5.29. The third kappa shape index (κ3) is 2.00. The average Bonchev–Trinajstić information content (AvgIpc) is 3.17. The van der Waals surface area contributed by atoms with Crippen molar-refractivity contribution < 1.29 is 4.63 Å². The standard InChI is InChI=1S/C16H15N7O/c1-2-23-11-7-8-19-12(9-5-3-4-6-10(9)17)13(11)20-16(23)14-15(18)22-24-21-14/h3-8H,2,17H2,1H3,(H2,18,22). The maximum atomic E-state index is 6.11. The summed E-state index contributed by atoms with van der Waals surface area (Å²) in [6, 6.07) is 9.48. The number of aromatic nitrogens is 5. The number of nitrogen functional groups attached to an aromatic ring is 2. The summed E-state index contributed by atoms with van der Waals surface area (Å²) in [4.78, 5) is 9.19. The van der Waals surface area contributed by atoms with Crippen LogP contribution in [0.15, 0.2) is 41.2 Å². The quantitative estimate of drug-likeness (QED) is 0.555. The number of hydrogen-bond acceptors (Lipinski definition) is 7. The van der Waals surface area contributed by atoms with Crippen LogP contribution in [0.3, 0.4) is 0 Å². The van der Waals surface area contributed by atoms with Crippen molar-refractivity contribution in [3.05, 3.63) is 36.5 Å². The van der Waals surface area contributed by atoms with E-state index in [0.29, 0.717) is 29.4 Å². The summed E-state index contributed by atoms with van der Waals surface area (Å²) >= 11 is 0. The van der Waals surface area contributed by atoms with E-state index in [4.69, 9.17) is 21.1 Å². The van der Waals surface area contributed by atoms with Gasteiger partial charge in [0, 0.05) is 24.0 Å². The first-order valence-electron chi connectivity index (χ1n) is 7.49. The molecular formula is C16H15N7O. The number of pyridine rings is 1. The Balaban J connectivity index is 2.04. The van der Waals surface area contributed by atoms with Crippen LogP contribution in [0, 0.1) is 0 Å². The maximum Gasteiger partial charge on any atom is 0.199 e. The summed E-state index contributed by atoms with van der Waals surface area (Å²) < 4.78 is 6.71. The molecule has 4 rings (SSSR count). The molecular weight excluding hydrogens is 306 g/mol. The van der Waals surface area contributed by atoms with Crippen molar-refractivity contribution in [1.82, 2.24) is 24.8 Å². The maximum absolute atomic E-state index is 6.11. The number of para-hydroxylation sites is 1. The van der Waals surface area contributed by atoms with Gasteiger partial charge in [-0.3, -0.25) is 4.98 Å². The summed E-state index contributed by atoms with van der Waals surface area (Å²) in [6.45, 7) is 2.71. The summed E-state index contributed by atoms with van der Waals surface area (Å²) in [7, 11) is 0. The van der Waals surface area contributed by atoms with Gasteiger partial charge in [-0.25, -0.2) is 9.61 Å². The lowest BCUT2D eigenvalue weighted by Gasteiger charge is -2.06. The zero-order chi connectivity index (χ0) is 16.7. The molecule has 0 spiro atoms. The average molecular weight is 321 g/mol. The molecule has 8 nitrogen and oxygen atoms in total. The first-order chi connectivity index (χ1) is 11.7. The molecule has 3 aromatic heterocycles. The molecule has 0 saturated heterocycles. The summed E-state index contributed by atoms with van der Waals surface area (Å²) in [5.41, 5.74) is 16.2. The van der Waals surface area contributed by atoms with Crippen LogP contribution in [0.1, 0.15) is 6.92 Å². The molecule has 8 heteroatoms. The molecule has 0 saturated carbocycles. The molecule has 0 fully saturated rings. The Hall–Kier alpha value is -3.42. The normalized spacial score (nSPS) is 11.2. The minimum absolute atomic E-state index is 0.203. The Bertz CT molecular complexity index is 1030. The minimum atomic E-state index is 0.203. The van der Waals surface area contributed by atoms with Crippen LogP contribution in [0.5, 0.6) is 0 Å². The van der Waals surface area contributed by atoms with Crippen molar-refractivity contribution in [2.45, 2.75) is 13.5 Å². The molecule has 0 aliphatic rings. The zero-order valence-electron chi connectivity index (χ0n) is 13.0. The van der Waals surface area contributed by atoms with E-state index in [9.17, 15) is 0 Å². The SMILES string of the molecule is CCn1c(-c2nonc2N)nc2c(-c3ccccc3N)nccc21. The Morgan fingerprint density at radius 1 is 1.08 bits per heavy atom. The molecule has 24 heavy (non-hydrogen) atoms. The van der Waals surface area contributed by atoms with Crippen molar-refractivity contribution in [2.24, 2.45) is 0 Å². The Morgan fingerprint density at radius 2 is 1.92 bits per heavy atom. The highest BCUT2D eigenvalue weighted by molar-refractivity contribution is 5.95. The number of fused-ring (bicyclic) bond motifs is 1. The van der Waals surface area contributed by atoms with Gasteiger partial charge in [0.2, 0.25) is 0 Å². The lowest BCUT2D eigenvalue weighted by molar-refractivity contribution is 0.310. The largest absolute Gasteiger partial charge is 0.398 e. The molecule has 0 atom stereocenters. The molecule has 3 heterocycles. The second-order valence-electron chi connectivity index (χ2n) is 5.29. The molecule has 0 radical (unpaired) electrons. The van der Waals surface area contributed by atoms with Gasteiger partial charge in [-0.05, 0) is 29.4 Å². The monoisotopic (exact) mass is 321 g/mol. The van der Waals surface area contributed by atoms with E-state index >= 15 is 0 Å². The first-order valence-corrected chi connectivity index (χ1v) is 7.49. The first kappa shape index (κ1) is 14.2. The van der Waals surface area contributed by atoms with Crippen molar-refractivity contribution in [1.29, 1.82) is 0 Å². The van der Waals surface area contributed by atoms with Gasteiger partial charge in [0.25, 0.3) is 0 Å². The Kier molecular flexibility index (Phi) is 3.16. The van der Waals surface area contributed by atoms with Crippen molar-refractivity contribution in [2.75, 3.05) is 11.5 Å². The number of benzene rings is 1. The van der Waals surface area contributed by atoms with Crippen LogP contribution < -0.4 is 11.5 Å². The lowest BCUT2D eigenvalue weighted by Crippen LogP contribution is -1.99. The zero-order valence-corrected chi connectivity index (χ0v) is 13.0. The number of nitrogens with zero attached hydrogens (tertiary/aromatic N) is 5. The van der Waals surface area contributed by atoms with Gasteiger partial charge in [0.1, 0.15) is 11.2 Å². The van der Waals surface area contributed by atoms with Crippen LogP contribution in [0.2, 0.25) is 0 Å². The smallest absolute Gasteiger partial charge is 0.199 e. The molecule has 0 amide bonds. The van der Waals surface area contributed by atoms with Crippen molar-refractivity contribution >= 4 is 22.5 Å². The van der Waals surface area contributed by atoms with E-state index in [0.717, 1.165) is 16.6 Å². The molecule has 4 aromatic rings. The fraction of sp³-hybridized carbons (Fsp3) is 0.125. The number of hydrogen-bond donors (Lipinski definition) is 2. The Labute approximate surface area is 137 Å². The predicted octanol–water partition coefficient (Wildman–Crippen LogP) is 2.33. The molecule has 120 valence electrons. The van der Waals surface area contributed by atoms with Crippen LogP contribution in [0.25, 0.3) is 33.8 Å². The topological polar surface area (TPSA) is 122 Å². The highest BCUT2D eigenvalue weighted by Gasteiger charge is 2.21. The third-order valence-electron chi connectivity index (χ3n) is 3.92. The summed E-state index contributed by atoms with van der Waals surface area (Å²) in [5.74, 6) is 0.795. The highest BCUT2D eigenvalue weighted by Crippen LogP contribution is 2.33. The molecule has 0 aliphatic heterocycles. The number of aryl methyl sites for hydroxylation is 1. The van der Waals surface area contributed by atoms with E-state index < -0.39 is 0 Å². The lowest BCUT2D eigenvalue weighted by atomic mass is 10.1. The predicted molar refractivity (Wildman–Crippen MR) is 90.8 cm³/mol. The van der Waals surface area contributed by atoms with Gasteiger partial charge in [-0.15, -0.1) is 0 Å². The van der Waals surface area contributed by atoms with E-state index in [1.807, 2.05) is 41.8 Å². The minimum Gasteiger partial charge on any atom is -0.398 e. The molecule has 0 unspecified atom stereocenters. The van der Waals surface area contributed by atoms with Crippen LogP contribution in [0.4, 0.5) is 11.5 Å². The van der Waals surface area contributed by atoms with Crippen LogP contribution in [-0.2, 0) is 6.54 Å².